The van der Waals surface area contributed by atoms with Gasteiger partial charge in [-0.1, -0.05) is 29.7 Å². The van der Waals surface area contributed by atoms with Gasteiger partial charge in [0.25, 0.3) is 11.8 Å². The third-order valence-electron chi connectivity index (χ3n) is 8.08. The van der Waals surface area contributed by atoms with Crippen molar-refractivity contribution in [2.45, 2.75) is 68.8 Å². The van der Waals surface area contributed by atoms with Gasteiger partial charge in [0.2, 0.25) is 0 Å². The molecule has 0 spiro atoms. The van der Waals surface area contributed by atoms with E-state index in [0.717, 1.165) is 46.8 Å². The second-order valence-corrected chi connectivity index (χ2v) is 13.0. The van der Waals surface area contributed by atoms with E-state index in [1.807, 2.05) is 0 Å². The molecule has 2 aliphatic rings. The van der Waals surface area contributed by atoms with Gasteiger partial charge in [-0.05, 0) is 12.8 Å². The van der Waals surface area contributed by atoms with Crippen molar-refractivity contribution in [3.63, 3.8) is 0 Å². The number of fused-ring (bicyclic) bond motifs is 1. The quantitative estimate of drug-likeness (QED) is 0.0411. The van der Waals surface area contributed by atoms with Crippen LogP contribution in [0, 0.1) is 9.81 Å². The number of aromatic nitrogens is 7. The van der Waals surface area contributed by atoms with Crippen molar-refractivity contribution in [2.75, 3.05) is 40.2 Å². The normalized spacial score (nSPS) is 19.9. The molecule has 30 nitrogen and oxygen atoms in total. The second-order valence-electron chi connectivity index (χ2n) is 12.6. The van der Waals surface area contributed by atoms with Crippen LogP contribution in [0.3, 0.4) is 0 Å². The zero-order valence-electron chi connectivity index (χ0n) is 32.7. The van der Waals surface area contributed by atoms with Crippen LogP contribution < -0.4 is 27.8 Å². The first-order valence-corrected chi connectivity index (χ1v) is 18.1. The van der Waals surface area contributed by atoms with Crippen LogP contribution in [-0.4, -0.2) is 171 Å². The lowest BCUT2D eigenvalue weighted by molar-refractivity contribution is -0.252. The Balaban J connectivity index is 0.000000277. The summed E-state index contributed by atoms with van der Waals surface area (Å²) in [5.41, 5.74) is 9.71. The van der Waals surface area contributed by atoms with Gasteiger partial charge in [0.15, 0.2) is 29.1 Å². The van der Waals surface area contributed by atoms with Crippen LogP contribution in [0.15, 0.2) is 38.4 Å². The van der Waals surface area contributed by atoms with E-state index >= 15 is 0 Å². The Labute approximate surface area is 343 Å². The summed E-state index contributed by atoms with van der Waals surface area (Å²) in [7, 11) is 5.93. The number of nitrogens with one attached hydrogen (secondary N) is 3. The molecule has 5 atom stereocenters. The van der Waals surface area contributed by atoms with E-state index in [2.05, 4.69) is 56.8 Å². The molecule has 332 valence electrons. The Morgan fingerprint density at radius 3 is 2.18 bits per heavy atom. The molecule has 0 unspecified atom stereocenters. The van der Waals surface area contributed by atoms with Crippen LogP contribution in [0.25, 0.3) is 5.65 Å². The van der Waals surface area contributed by atoms with E-state index < -0.39 is 66.8 Å². The molecule has 1 aliphatic heterocycles. The number of carbonyl (C=O) groups excluding carboxylic acids is 4. The number of carbonyl (C=O) groups is 4. The number of urea groups is 2. The minimum Gasteiger partial charge on any atom is -0.394 e. The van der Waals surface area contributed by atoms with Crippen molar-refractivity contribution >= 4 is 46.9 Å². The zero-order chi connectivity index (χ0) is 45.1. The molecule has 2 fully saturated rings. The maximum atomic E-state index is 11.5. The highest BCUT2D eigenvalue weighted by molar-refractivity contribution is 6.18. The van der Waals surface area contributed by atoms with Crippen molar-refractivity contribution in [3.05, 3.63) is 44.3 Å². The van der Waals surface area contributed by atoms with E-state index in [1.54, 1.807) is 14.1 Å². The first-order chi connectivity index (χ1) is 28.4. The molecule has 0 bridgehead atoms. The molecule has 3 aromatic heterocycles. The van der Waals surface area contributed by atoms with Gasteiger partial charge < -0.3 is 52.2 Å². The summed E-state index contributed by atoms with van der Waals surface area (Å²) in [5, 5.41) is 64.6. The van der Waals surface area contributed by atoms with Crippen molar-refractivity contribution in [1.82, 2.24) is 60.0 Å². The lowest BCUT2D eigenvalue weighted by Gasteiger charge is -2.40. The number of halogens is 1. The number of amides is 6. The number of rotatable bonds is 11. The molecule has 1 saturated carbocycles. The number of H-pyrrole nitrogens is 1. The lowest BCUT2D eigenvalue weighted by Crippen LogP contribution is -2.64. The maximum Gasteiger partial charge on any atom is 0.352 e. The first kappa shape index (κ1) is 49.8. The number of ether oxygens (including phenoxy) is 1. The van der Waals surface area contributed by atoms with Gasteiger partial charge in [0.1, 0.15) is 30.7 Å². The van der Waals surface area contributed by atoms with Gasteiger partial charge in [-0.15, -0.1) is 31.6 Å². The van der Waals surface area contributed by atoms with Gasteiger partial charge in [-0.3, -0.25) is 14.6 Å². The number of nitroso groups, excluding NO2 is 2. The minimum absolute atomic E-state index is 0.0600. The Morgan fingerprint density at radius 2 is 1.63 bits per heavy atom. The molecular formula is C29H47ClN18O12. The molecule has 31 heteroatoms. The van der Waals surface area contributed by atoms with Crippen molar-refractivity contribution in [2.24, 2.45) is 39.4 Å². The monoisotopic (exact) mass is 874 g/mol. The summed E-state index contributed by atoms with van der Waals surface area (Å²) in [5.74, 6) is -0.894. The largest absolute Gasteiger partial charge is 0.394 e. The van der Waals surface area contributed by atoms with Crippen molar-refractivity contribution in [3.8, 4) is 0 Å². The van der Waals surface area contributed by atoms with Crippen LogP contribution in [0.4, 0.5) is 15.4 Å². The maximum absolute atomic E-state index is 11.5. The van der Waals surface area contributed by atoms with E-state index in [-0.39, 0.29) is 41.3 Å². The van der Waals surface area contributed by atoms with Crippen LogP contribution >= 0.6 is 11.6 Å². The lowest BCUT2D eigenvalue weighted by atomic mass is 9.96. The number of nitrogens with zero attached hydrogens (tertiary/aromatic N) is 13. The van der Waals surface area contributed by atoms with E-state index in [1.165, 1.54) is 31.1 Å². The first-order valence-electron chi connectivity index (χ1n) is 17.6. The van der Waals surface area contributed by atoms with Crippen molar-refractivity contribution < 1.29 is 44.3 Å². The van der Waals surface area contributed by atoms with Crippen molar-refractivity contribution in [1.29, 1.82) is 0 Å². The fourth-order valence-corrected chi connectivity index (χ4v) is 5.17. The molecule has 4 heterocycles. The summed E-state index contributed by atoms with van der Waals surface area (Å²) in [6, 6.07) is -2.57. The molecule has 60 heavy (non-hydrogen) atoms. The molecule has 0 aromatic carbocycles. The molecule has 11 N–H and O–H groups in total. The molecule has 1 aliphatic carbocycles. The molecule has 1 saturated heterocycles. The summed E-state index contributed by atoms with van der Waals surface area (Å²) in [4.78, 5) is 86.2. The van der Waals surface area contributed by atoms with Crippen LogP contribution in [0.5, 0.6) is 0 Å². The summed E-state index contributed by atoms with van der Waals surface area (Å²) in [6.07, 6.45) is 2.14. The number of aromatic amines is 1. The van der Waals surface area contributed by atoms with Gasteiger partial charge in [0, 0.05) is 40.1 Å². The van der Waals surface area contributed by atoms with Crippen LogP contribution in [-0.2, 0) is 11.8 Å². The average molecular weight is 875 g/mol. The number of primary amides is 2. The fraction of sp³-hybridized carbons (Fsp3) is 0.621. The fourth-order valence-electron chi connectivity index (χ4n) is 5.01. The average Bonchev–Trinajstić information content (AvgIpc) is 3.90. The molecule has 6 amide bonds. The number of aliphatic hydroxyl groups is 4. The molecule has 5 rings (SSSR count). The molecular weight excluding hydrogens is 828 g/mol. The molecule has 0 radical (unpaired) electrons. The highest BCUT2D eigenvalue weighted by Gasteiger charge is 2.44. The highest BCUT2D eigenvalue weighted by atomic mass is 35.5. The summed E-state index contributed by atoms with van der Waals surface area (Å²) in [6.45, 7) is -0.449. The number of nitrogens with two attached hydrogens (primary N) is 2. The topological polar surface area (TPSA) is 422 Å². The number of hydrogen-bond acceptors (Lipinski definition) is 20. The van der Waals surface area contributed by atoms with Gasteiger partial charge >= 0.3 is 17.8 Å². The number of alkyl halides is 1. The Hall–Kier alpha value is -6.34. The minimum atomic E-state index is -1.63. The Bertz CT molecular complexity index is 1970. The van der Waals surface area contributed by atoms with Crippen LogP contribution in [0.2, 0.25) is 0 Å². The SMILES string of the molecule is CN(C)/N=N/c1[nH]cnc1C(N)=O.CN(N=O)C(=O)N[C@@H]1[C@@H](O)[C@H](O)[C@@H](CO)O[C@@H]1O.Cn1nnc2c(C(N)=O)ncn2c1=O.O=NN(CCCl)C(=O)NC1CCCCC1. The number of imidazole rings is 2. The smallest absolute Gasteiger partial charge is 0.352 e. The summed E-state index contributed by atoms with van der Waals surface area (Å²) < 4.78 is 6.93. The summed E-state index contributed by atoms with van der Waals surface area (Å²) >= 11 is 5.44. The molecule has 3 aromatic rings. The predicted molar refractivity (Wildman–Crippen MR) is 204 cm³/mol. The van der Waals surface area contributed by atoms with Gasteiger partial charge in [-0.2, -0.15) is 14.7 Å². The van der Waals surface area contributed by atoms with E-state index in [9.17, 15) is 49.1 Å². The Kier molecular flexibility index (Phi) is 20.4. The van der Waals surface area contributed by atoms with Gasteiger partial charge in [-0.25, -0.2) is 28.8 Å². The predicted octanol–water partition coefficient (Wildman–Crippen LogP) is -2.65. The second kappa shape index (κ2) is 24.6. The number of aryl methyl sites for hydroxylation is 1. The standard InChI is InChI=1S/C9H16ClN3O2.C8H15N3O7.C6H6N6O2.C6H10N6O/c10-6-7-13(12-15)9(14)11-8-4-2-1-3-5-8;1-11(10-17)8(16)9-4-6(14)5(13)3(2-12)18-7(4)15;1-11-6(14)12-2-8-3(4(7)13)5(12)9-10-11;1-12(2)11-10-6-4(5(7)13)8-3-9-6/h8H,1-7H2,(H,11,14);3-7,12-15H,2H2,1H3,(H,9,16);2H,1H3,(H2,7,13);3H,1-2H3,(H2,7,13)(H,8,9)/b;;;11-10+/t;3-,4-,5-,6-,7+;;/m.1../s1. The zero-order valence-corrected chi connectivity index (χ0v) is 33.4. The van der Waals surface area contributed by atoms with E-state index in [4.69, 9.17) is 32.9 Å². The highest BCUT2D eigenvalue weighted by Crippen LogP contribution is 2.20. The third kappa shape index (κ3) is 14.5. The van der Waals surface area contributed by atoms with E-state index in [0.29, 0.717) is 5.01 Å². The van der Waals surface area contributed by atoms with Crippen LogP contribution in [0.1, 0.15) is 53.1 Å². The number of aliphatic hydroxyl groups excluding tert-OH is 4. The van der Waals surface area contributed by atoms with Gasteiger partial charge in [0.05, 0.1) is 30.1 Å². The Morgan fingerprint density at radius 1 is 0.983 bits per heavy atom. The number of hydrogen-bond donors (Lipinski definition) is 9. The third-order valence-corrected chi connectivity index (χ3v) is 8.25.